The molecule has 2 aromatic rings. The van der Waals surface area contributed by atoms with Gasteiger partial charge in [0.15, 0.2) is 0 Å². The predicted octanol–water partition coefficient (Wildman–Crippen LogP) is 3.27. The maximum Gasteiger partial charge on any atom is 0.123 e. The Kier molecular flexibility index (Phi) is 3.54. The van der Waals surface area contributed by atoms with Crippen molar-refractivity contribution in [2.24, 2.45) is 0 Å². The molecule has 3 nitrogen and oxygen atoms in total. The van der Waals surface area contributed by atoms with Crippen LogP contribution in [0.4, 0.5) is 10.1 Å². The van der Waals surface area contributed by atoms with Crippen LogP contribution >= 0.6 is 0 Å². The highest BCUT2D eigenvalue weighted by Gasteiger charge is 2.08. The molecule has 0 fully saturated rings. The molecule has 0 spiro atoms. The predicted molar refractivity (Wildman–Crippen MR) is 67.4 cm³/mol. The average Bonchev–Trinajstić information content (AvgIpc) is 2.40. The maximum atomic E-state index is 12.8. The summed E-state index contributed by atoms with van der Waals surface area (Å²) in [6.45, 7) is 1.95. The van der Waals surface area contributed by atoms with Crippen LogP contribution in [0.3, 0.4) is 0 Å². The Morgan fingerprint density at radius 1 is 1.28 bits per heavy atom. The van der Waals surface area contributed by atoms with Crippen LogP contribution in [0.1, 0.15) is 24.1 Å². The van der Waals surface area contributed by atoms with Gasteiger partial charge in [-0.05, 0) is 30.7 Å². The van der Waals surface area contributed by atoms with Crippen molar-refractivity contribution in [3.63, 3.8) is 0 Å². The highest BCUT2D eigenvalue weighted by atomic mass is 19.1. The van der Waals surface area contributed by atoms with Gasteiger partial charge in [0.2, 0.25) is 0 Å². The van der Waals surface area contributed by atoms with Gasteiger partial charge in [-0.3, -0.25) is 4.98 Å². The van der Waals surface area contributed by atoms with E-state index in [1.165, 1.54) is 12.1 Å². The lowest BCUT2D eigenvalue weighted by molar-refractivity contribution is 0.626. The number of rotatable bonds is 3. The van der Waals surface area contributed by atoms with Gasteiger partial charge >= 0.3 is 0 Å². The van der Waals surface area contributed by atoms with E-state index in [0.717, 1.165) is 5.56 Å². The SMILES string of the molecule is CC(Nc1cnccc1C#N)c1ccc(F)cc1. The Morgan fingerprint density at radius 3 is 2.67 bits per heavy atom. The van der Waals surface area contributed by atoms with Crippen molar-refractivity contribution >= 4 is 5.69 Å². The van der Waals surface area contributed by atoms with Crippen molar-refractivity contribution in [3.8, 4) is 6.07 Å². The van der Waals surface area contributed by atoms with E-state index < -0.39 is 0 Å². The van der Waals surface area contributed by atoms with E-state index in [1.807, 2.05) is 6.92 Å². The smallest absolute Gasteiger partial charge is 0.123 e. The standard InChI is InChI=1S/C14H12FN3/c1-10(11-2-4-13(15)5-3-11)18-14-9-17-7-6-12(14)8-16/h2-7,9-10,18H,1H3. The molecule has 0 saturated heterocycles. The first-order valence-corrected chi connectivity index (χ1v) is 5.57. The van der Waals surface area contributed by atoms with E-state index in [2.05, 4.69) is 16.4 Å². The number of nitrogens with one attached hydrogen (secondary N) is 1. The van der Waals surface area contributed by atoms with E-state index in [0.29, 0.717) is 11.3 Å². The fraction of sp³-hybridized carbons (Fsp3) is 0.143. The number of benzene rings is 1. The van der Waals surface area contributed by atoms with Crippen molar-refractivity contribution in [1.29, 1.82) is 5.26 Å². The zero-order valence-electron chi connectivity index (χ0n) is 9.89. The fourth-order valence-corrected chi connectivity index (χ4v) is 1.68. The van der Waals surface area contributed by atoms with Crippen LogP contribution in [0.15, 0.2) is 42.7 Å². The molecule has 2 rings (SSSR count). The quantitative estimate of drug-likeness (QED) is 0.897. The molecule has 18 heavy (non-hydrogen) atoms. The second-order valence-electron chi connectivity index (χ2n) is 3.95. The molecule has 0 amide bonds. The number of hydrogen-bond acceptors (Lipinski definition) is 3. The van der Waals surface area contributed by atoms with Crippen molar-refractivity contribution < 1.29 is 4.39 Å². The summed E-state index contributed by atoms with van der Waals surface area (Å²) in [6.07, 6.45) is 3.19. The van der Waals surface area contributed by atoms with Crippen LogP contribution < -0.4 is 5.32 Å². The van der Waals surface area contributed by atoms with Gasteiger partial charge in [-0.1, -0.05) is 12.1 Å². The highest BCUT2D eigenvalue weighted by molar-refractivity contribution is 5.56. The van der Waals surface area contributed by atoms with E-state index >= 15 is 0 Å². The molecule has 0 saturated carbocycles. The summed E-state index contributed by atoms with van der Waals surface area (Å²) in [7, 11) is 0. The zero-order valence-corrected chi connectivity index (χ0v) is 9.89. The third kappa shape index (κ3) is 2.64. The van der Waals surface area contributed by atoms with Gasteiger partial charge in [-0.15, -0.1) is 0 Å². The normalized spacial score (nSPS) is 11.6. The number of anilines is 1. The summed E-state index contributed by atoms with van der Waals surface area (Å²) in [5.41, 5.74) is 2.17. The second kappa shape index (κ2) is 5.28. The van der Waals surface area contributed by atoms with Gasteiger partial charge in [-0.2, -0.15) is 5.26 Å². The van der Waals surface area contributed by atoms with E-state index in [9.17, 15) is 4.39 Å². The summed E-state index contributed by atoms with van der Waals surface area (Å²) in [5.74, 6) is -0.259. The van der Waals surface area contributed by atoms with Crippen LogP contribution in [0.25, 0.3) is 0 Å². The minimum Gasteiger partial charge on any atom is -0.376 e. The Morgan fingerprint density at radius 2 is 2.00 bits per heavy atom. The number of nitrogens with zero attached hydrogens (tertiary/aromatic N) is 2. The van der Waals surface area contributed by atoms with Crippen molar-refractivity contribution in [2.75, 3.05) is 5.32 Å². The van der Waals surface area contributed by atoms with E-state index in [-0.39, 0.29) is 11.9 Å². The van der Waals surface area contributed by atoms with Crippen LogP contribution in [0.5, 0.6) is 0 Å². The molecule has 90 valence electrons. The molecule has 1 N–H and O–H groups in total. The molecule has 1 aromatic carbocycles. The van der Waals surface area contributed by atoms with Gasteiger partial charge in [0.25, 0.3) is 0 Å². The average molecular weight is 241 g/mol. The minimum absolute atomic E-state index is 0.0260. The molecule has 4 heteroatoms. The van der Waals surface area contributed by atoms with Crippen LogP contribution in [-0.4, -0.2) is 4.98 Å². The molecule has 1 atom stereocenters. The number of hydrogen-bond donors (Lipinski definition) is 1. The summed E-state index contributed by atoms with van der Waals surface area (Å²) in [5, 5.41) is 12.2. The van der Waals surface area contributed by atoms with Crippen molar-refractivity contribution in [2.45, 2.75) is 13.0 Å². The van der Waals surface area contributed by atoms with Crippen molar-refractivity contribution in [1.82, 2.24) is 4.98 Å². The molecular formula is C14H12FN3. The summed E-state index contributed by atoms with van der Waals surface area (Å²) < 4.78 is 12.8. The maximum absolute atomic E-state index is 12.8. The fourth-order valence-electron chi connectivity index (χ4n) is 1.68. The molecule has 0 radical (unpaired) electrons. The second-order valence-corrected chi connectivity index (χ2v) is 3.95. The van der Waals surface area contributed by atoms with Gasteiger partial charge < -0.3 is 5.32 Å². The Hall–Kier alpha value is -2.41. The van der Waals surface area contributed by atoms with Crippen LogP contribution in [0, 0.1) is 17.1 Å². The molecule has 0 aliphatic rings. The first-order valence-electron chi connectivity index (χ1n) is 5.57. The molecule has 0 aliphatic heterocycles. The molecule has 1 unspecified atom stereocenters. The Bertz CT molecular complexity index is 572. The third-order valence-corrected chi connectivity index (χ3v) is 2.68. The molecule has 0 bridgehead atoms. The Labute approximate surface area is 105 Å². The highest BCUT2D eigenvalue weighted by Crippen LogP contribution is 2.21. The number of halogens is 1. The number of nitriles is 1. The third-order valence-electron chi connectivity index (χ3n) is 2.68. The molecule has 0 aliphatic carbocycles. The summed E-state index contributed by atoms with van der Waals surface area (Å²) >= 11 is 0. The largest absolute Gasteiger partial charge is 0.376 e. The topological polar surface area (TPSA) is 48.7 Å². The van der Waals surface area contributed by atoms with E-state index in [1.54, 1.807) is 30.6 Å². The van der Waals surface area contributed by atoms with Gasteiger partial charge in [0.1, 0.15) is 11.9 Å². The van der Waals surface area contributed by atoms with E-state index in [4.69, 9.17) is 5.26 Å². The van der Waals surface area contributed by atoms with Crippen LogP contribution in [0.2, 0.25) is 0 Å². The minimum atomic E-state index is -0.259. The summed E-state index contributed by atoms with van der Waals surface area (Å²) in [4.78, 5) is 3.98. The lowest BCUT2D eigenvalue weighted by atomic mass is 10.1. The van der Waals surface area contributed by atoms with Crippen molar-refractivity contribution in [3.05, 3.63) is 59.7 Å². The molecule has 1 aromatic heterocycles. The summed E-state index contributed by atoms with van der Waals surface area (Å²) in [6, 6.07) is 10.00. The van der Waals surface area contributed by atoms with Gasteiger partial charge in [0, 0.05) is 12.2 Å². The number of aromatic nitrogens is 1. The number of pyridine rings is 1. The molecular weight excluding hydrogens is 229 g/mol. The van der Waals surface area contributed by atoms with Crippen LogP contribution in [-0.2, 0) is 0 Å². The first kappa shape index (κ1) is 12.1. The zero-order chi connectivity index (χ0) is 13.0. The molecule has 1 heterocycles. The monoisotopic (exact) mass is 241 g/mol. The Balaban J connectivity index is 2.19. The van der Waals surface area contributed by atoms with Gasteiger partial charge in [0.05, 0.1) is 17.4 Å². The lowest BCUT2D eigenvalue weighted by Gasteiger charge is -2.16. The van der Waals surface area contributed by atoms with Gasteiger partial charge in [-0.25, -0.2) is 4.39 Å². The first-order chi connectivity index (χ1) is 8.70. The lowest BCUT2D eigenvalue weighted by Crippen LogP contribution is -2.08.